The van der Waals surface area contributed by atoms with E-state index in [1.54, 1.807) is 6.92 Å². The maximum atomic E-state index is 11.4. The molecule has 1 amide bonds. The van der Waals surface area contributed by atoms with Gasteiger partial charge in [-0.05, 0) is 18.9 Å². The first kappa shape index (κ1) is 10.8. The van der Waals surface area contributed by atoms with E-state index in [0.29, 0.717) is 5.41 Å². The fraction of sp³-hybridized carbons (Fsp3) is 0.500. The summed E-state index contributed by atoms with van der Waals surface area (Å²) < 4.78 is 0. The largest absolute Gasteiger partial charge is 0.343 e. The molecule has 1 aromatic carbocycles. The third-order valence-electron chi connectivity index (χ3n) is 4.41. The van der Waals surface area contributed by atoms with Gasteiger partial charge in [0, 0.05) is 25.6 Å². The van der Waals surface area contributed by atoms with Gasteiger partial charge in [0.1, 0.15) is 5.69 Å². The van der Waals surface area contributed by atoms with Gasteiger partial charge >= 0.3 is 0 Å². The van der Waals surface area contributed by atoms with Gasteiger partial charge in [0.2, 0.25) is 5.91 Å². The van der Waals surface area contributed by atoms with Crippen molar-refractivity contribution in [2.24, 2.45) is 0 Å². The minimum absolute atomic E-state index is 0.218. The minimum Gasteiger partial charge on any atom is -0.343 e. The summed E-state index contributed by atoms with van der Waals surface area (Å²) in [6.07, 6.45) is 2.22. The lowest BCUT2D eigenvalue weighted by Crippen LogP contribution is -2.78. The van der Waals surface area contributed by atoms with Gasteiger partial charge in [0.15, 0.2) is 0 Å². The molecular formula is C14H19N2O+. The zero-order valence-electron chi connectivity index (χ0n) is 10.3. The molecule has 3 nitrogen and oxygen atoms in total. The Morgan fingerprint density at radius 3 is 2.71 bits per heavy atom. The van der Waals surface area contributed by atoms with Crippen molar-refractivity contribution in [2.75, 3.05) is 19.6 Å². The Kier molecular flexibility index (Phi) is 2.44. The summed E-state index contributed by atoms with van der Waals surface area (Å²) in [5.74, 6) is 0.218. The number of carbonyl (C=O) groups excluding carboxylic acids is 1. The normalized spacial score (nSPS) is 21.6. The predicted molar refractivity (Wildman–Crippen MR) is 66.1 cm³/mol. The second-order valence-corrected chi connectivity index (χ2v) is 5.28. The van der Waals surface area contributed by atoms with Gasteiger partial charge in [-0.2, -0.15) is 0 Å². The van der Waals surface area contributed by atoms with Crippen molar-refractivity contribution < 1.29 is 10.1 Å². The van der Waals surface area contributed by atoms with Crippen molar-refractivity contribution in [2.45, 2.75) is 25.2 Å². The molecule has 0 aromatic heterocycles. The predicted octanol–water partition coefficient (Wildman–Crippen LogP) is 0.775. The number of fused-ring (bicyclic) bond motifs is 2. The molecule has 2 N–H and O–H groups in total. The summed E-state index contributed by atoms with van der Waals surface area (Å²) in [5, 5.41) is 2.36. The lowest BCUT2D eigenvalue weighted by Gasteiger charge is -2.37. The number of para-hydroxylation sites is 1. The van der Waals surface area contributed by atoms with E-state index < -0.39 is 0 Å². The SMILES string of the molecule is CC(=O)N1CCC2(CC1)C[NH2+]c1ccccc12. The fourth-order valence-electron chi connectivity index (χ4n) is 3.30. The van der Waals surface area contributed by atoms with Crippen LogP contribution in [0.1, 0.15) is 25.3 Å². The molecule has 1 fully saturated rings. The smallest absolute Gasteiger partial charge is 0.219 e. The number of nitrogens with two attached hydrogens (primary N) is 1. The number of nitrogens with zero attached hydrogens (tertiary/aromatic N) is 1. The maximum Gasteiger partial charge on any atom is 0.219 e. The molecule has 0 unspecified atom stereocenters. The molecule has 90 valence electrons. The number of amides is 1. The molecule has 1 aromatic rings. The Bertz CT molecular complexity index is 447. The molecule has 0 aliphatic carbocycles. The van der Waals surface area contributed by atoms with Gasteiger partial charge in [-0.25, -0.2) is 0 Å². The van der Waals surface area contributed by atoms with Gasteiger partial charge in [0.25, 0.3) is 0 Å². The molecule has 0 bridgehead atoms. The Morgan fingerprint density at radius 2 is 2.00 bits per heavy atom. The Balaban J connectivity index is 1.85. The molecular weight excluding hydrogens is 212 g/mol. The van der Waals surface area contributed by atoms with Crippen LogP contribution in [0.15, 0.2) is 24.3 Å². The van der Waals surface area contributed by atoms with Crippen LogP contribution in [0.5, 0.6) is 0 Å². The summed E-state index contributed by atoms with van der Waals surface area (Å²) in [6.45, 7) is 4.65. The molecule has 0 saturated carbocycles. The third-order valence-corrected chi connectivity index (χ3v) is 4.41. The van der Waals surface area contributed by atoms with Crippen LogP contribution >= 0.6 is 0 Å². The van der Waals surface area contributed by atoms with Crippen molar-refractivity contribution in [1.29, 1.82) is 0 Å². The monoisotopic (exact) mass is 231 g/mol. The average Bonchev–Trinajstić information content (AvgIpc) is 2.70. The summed E-state index contributed by atoms with van der Waals surface area (Å²) in [4.78, 5) is 13.3. The first-order chi connectivity index (χ1) is 8.21. The third kappa shape index (κ3) is 1.65. The highest BCUT2D eigenvalue weighted by Crippen LogP contribution is 2.39. The highest BCUT2D eigenvalue weighted by Gasteiger charge is 2.44. The molecule has 2 aliphatic rings. The fourth-order valence-corrected chi connectivity index (χ4v) is 3.30. The number of carbonyl (C=O) groups is 1. The molecule has 17 heavy (non-hydrogen) atoms. The molecule has 1 spiro atoms. The minimum atomic E-state index is 0.218. The Labute approximate surface area is 102 Å². The van der Waals surface area contributed by atoms with E-state index in [9.17, 15) is 4.79 Å². The maximum absolute atomic E-state index is 11.4. The number of hydrogen-bond acceptors (Lipinski definition) is 1. The van der Waals surface area contributed by atoms with Crippen molar-refractivity contribution in [1.82, 2.24) is 4.90 Å². The van der Waals surface area contributed by atoms with E-state index in [2.05, 4.69) is 29.6 Å². The van der Waals surface area contributed by atoms with E-state index in [1.807, 2.05) is 4.90 Å². The summed E-state index contributed by atoms with van der Waals surface area (Å²) in [7, 11) is 0. The summed E-state index contributed by atoms with van der Waals surface area (Å²) in [5.41, 5.74) is 3.23. The van der Waals surface area contributed by atoms with Crippen LogP contribution in [0.4, 0.5) is 5.69 Å². The van der Waals surface area contributed by atoms with Crippen molar-refractivity contribution in [3.8, 4) is 0 Å². The zero-order valence-corrected chi connectivity index (χ0v) is 10.3. The lowest BCUT2D eigenvalue weighted by molar-refractivity contribution is -0.569. The number of likely N-dealkylation sites (tertiary alicyclic amines) is 1. The zero-order chi connectivity index (χ0) is 11.9. The first-order valence-electron chi connectivity index (χ1n) is 6.40. The second kappa shape index (κ2) is 3.84. The van der Waals surface area contributed by atoms with E-state index in [4.69, 9.17) is 0 Å². The van der Waals surface area contributed by atoms with Gasteiger partial charge in [0.05, 0.1) is 12.0 Å². The van der Waals surface area contributed by atoms with Crippen LogP contribution in [-0.4, -0.2) is 30.4 Å². The van der Waals surface area contributed by atoms with Crippen LogP contribution in [0.2, 0.25) is 0 Å². The van der Waals surface area contributed by atoms with Crippen LogP contribution in [0.25, 0.3) is 0 Å². The average molecular weight is 231 g/mol. The Morgan fingerprint density at radius 1 is 1.29 bits per heavy atom. The second-order valence-electron chi connectivity index (χ2n) is 5.28. The number of piperidine rings is 1. The summed E-state index contributed by atoms with van der Waals surface area (Å²) >= 11 is 0. The van der Waals surface area contributed by atoms with E-state index in [0.717, 1.165) is 32.5 Å². The van der Waals surface area contributed by atoms with Gasteiger partial charge in [-0.1, -0.05) is 18.2 Å². The molecule has 2 heterocycles. The highest BCUT2D eigenvalue weighted by molar-refractivity contribution is 5.73. The summed E-state index contributed by atoms with van der Waals surface area (Å²) in [6, 6.07) is 8.72. The first-order valence-corrected chi connectivity index (χ1v) is 6.40. The Hall–Kier alpha value is -1.35. The molecule has 3 rings (SSSR count). The van der Waals surface area contributed by atoms with Crippen LogP contribution in [0, 0.1) is 0 Å². The van der Waals surface area contributed by atoms with Crippen LogP contribution < -0.4 is 5.32 Å². The molecule has 0 atom stereocenters. The topological polar surface area (TPSA) is 36.9 Å². The van der Waals surface area contributed by atoms with Crippen molar-refractivity contribution in [3.63, 3.8) is 0 Å². The number of rotatable bonds is 0. The van der Waals surface area contributed by atoms with Crippen molar-refractivity contribution >= 4 is 11.6 Å². The van der Waals surface area contributed by atoms with E-state index >= 15 is 0 Å². The van der Waals surface area contributed by atoms with Crippen LogP contribution in [0.3, 0.4) is 0 Å². The highest BCUT2D eigenvalue weighted by atomic mass is 16.2. The molecule has 3 heteroatoms. The van der Waals surface area contributed by atoms with E-state index in [-0.39, 0.29) is 5.91 Å². The quantitative estimate of drug-likeness (QED) is 0.658. The number of quaternary nitrogens is 1. The van der Waals surface area contributed by atoms with Crippen LogP contribution in [-0.2, 0) is 10.2 Å². The van der Waals surface area contributed by atoms with Gasteiger partial charge in [-0.15, -0.1) is 0 Å². The number of benzene rings is 1. The molecule has 0 radical (unpaired) electrons. The van der Waals surface area contributed by atoms with Gasteiger partial charge in [-0.3, -0.25) is 4.79 Å². The van der Waals surface area contributed by atoms with E-state index in [1.165, 1.54) is 11.3 Å². The van der Waals surface area contributed by atoms with Gasteiger partial charge < -0.3 is 10.2 Å². The number of hydrogen-bond donors (Lipinski definition) is 1. The molecule has 1 saturated heterocycles. The van der Waals surface area contributed by atoms with Crippen molar-refractivity contribution in [3.05, 3.63) is 29.8 Å². The lowest BCUT2D eigenvalue weighted by atomic mass is 9.74. The standard InChI is InChI=1S/C14H18N2O/c1-11(17)16-8-6-14(7-9-16)10-15-13-5-3-2-4-12(13)14/h2-5,15H,6-10H2,1H3/p+1. The molecule has 2 aliphatic heterocycles.